The van der Waals surface area contributed by atoms with Gasteiger partial charge in [-0.05, 0) is 153 Å². The fourth-order valence-corrected chi connectivity index (χ4v) is 11.2. The normalized spacial score (nSPS) is 23.4. The zero-order valence-corrected chi connectivity index (χ0v) is 37.2. The highest BCUT2D eigenvalue weighted by molar-refractivity contribution is 5.91. The minimum absolute atomic E-state index is 0.299. The van der Waals surface area contributed by atoms with Crippen LogP contribution in [-0.2, 0) is 29.8 Å². The molecule has 0 heterocycles. The highest BCUT2D eigenvalue weighted by atomic mass is 17.2. The van der Waals surface area contributed by atoms with Gasteiger partial charge in [-0.25, -0.2) is 4.79 Å². The van der Waals surface area contributed by atoms with Crippen LogP contribution in [0.4, 0.5) is 0 Å². The summed E-state index contributed by atoms with van der Waals surface area (Å²) in [6.07, 6.45) is 34.8. The Bertz CT molecular complexity index is 2070. The number of benzene rings is 4. The molecule has 0 bridgehead atoms. The fourth-order valence-electron chi connectivity index (χ4n) is 11.2. The van der Waals surface area contributed by atoms with E-state index in [1.807, 2.05) is 42.5 Å². The van der Waals surface area contributed by atoms with Crippen LogP contribution in [0.15, 0.2) is 97.1 Å². The van der Waals surface area contributed by atoms with Crippen molar-refractivity contribution in [3.63, 3.8) is 0 Å². The Morgan fingerprint density at radius 1 is 0.607 bits per heavy atom. The molecular formula is C57H70O4. The molecule has 4 aromatic carbocycles. The second-order valence-corrected chi connectivity index (χ2v) is 19.0. The van der Waals surface area contributed by atoms with Gasteiger partial charge in [0.15, 0.2) is 5.75 Å². The first-order valence-electron chi connectivity index (χ1n) is 24.3. The average molecular weight is 819 g/mol. The summed E-state index contributed by atoms with van der Waals surface area (Å²) in [6.45, 7) is 4.94. The zero-order valence-electron chi connectivity index (χ0n) is 37.2. The second-order valence-electron chi connectivity index (χ2n) is 19.0. The van der Waals surface area contributed by atoms with Gasteiger partial charge in [0.05, 0.1) is 5.56 Å². The van der Waals surface area contributed by atoms with Gasteiger partial charge in [0.2, 0.25) is 0 Å². The van der Waals surface area contributed by atoms with E-state index in [9.17, 15) is 4.79 Å². The molecule has 0 N–H and O–H groups in total. The van der Waals surface area contributed by atoms with Crippen molar-refractivity contribution in [1.82, 2.24) is 0 Å². The number of aryl methyl sites for hydroxylation is 2. The van der Waals surface area contributed by atoms with Gasteiger partial charge in [-0.3, -0.25) is 0 Å². The van der Waals surface area contributed by atoms with Crippen LogP contribution >= 0.6 is 0 Å². The molecule has 1 unspecified atom stereocenters. The number of unbranched alkanes of at least 4 members (excludes halogenated alkanes) is 4. The quantitative estimate of drug-likeness (QED) is 0.0330. The average Bonchev–Trinajstić information content (AvgIpc) is 3.88. The maximum absolute atomic E-state index is 13.7. The van der Waals surface area contributed by atoms with E-state index in [-0.39, 0.29) is 11.4 Å². The van der Waals surface area contributed by atoms with Crippen LogP contribution in [0.1, 0.15) is 179 Å². The van der Waals surface area contributed by atoms with E-state index in [1.54, 1.807) is 0 Å². The molecule has 4 aliphatic rings. The third-order valence-corrected chi connectivity index (χ3v) is 14.9. The largest absolute Gasteiger partial charge is 0.423 e. The number of allylic oxidation sites excluding steroid dienone is 2. The maximum Gasteiger partial charge on any atom is 0.343 e. The molecule has 1 spiro atoms. The summed E-state index contributed by atoms with van der Waals surface area (Å²) in [5.41, 5.74) is 8.53. The van der Waals surface area contributed by atoms with E-state index in [0.29, 0.717) is 29.8 Å². The number of ether oxygens (including phenoxy) is 1. The maximum atomic E-state index is 13.7. The number of fused-ring (bicyclic) bond motifs is 4. The smallest absolute Gasteiger partial charge is 0.343 e. The molecule has 0 saturated heterocycles. The second kappa shape index (κ2) is 21.1. The van der Waals surface area contributed by atoms with Gasteiger partial charge < -0.3 is 9.62 Å². The van der Waals surface area contributed by atoms with E-state index >= 15 is 0 Å². The summed E-state index contributed by atoms with van der Waals surface area (Å²) in [4.78, 5) is 25.9. The predicted octanol–water partition coefficient (Wildman–Crippen LogP) is 15.4. The fraction of sp³-hybridized carbons (Fsp3) is 0.491. The van der Waals surface area contributed by atoms with E-state index in [0.717, 1.165) is 60.0 Å². The Labute approximate surface area is 367 Å². The summed E-state index contributed by atoms with van der Waals surface area (Å²) >= 11 is 0. The van der Waals surface area contributed by atoms with Crippen molar-refractivity contribution in [1.29, 1.82) is 0 Å². The molecule has 2 fully saturated rings. The Morgan fingerprint density at radius 3 is 1.66 bits per heavy atom. The summed E-state index contributed by atoms with van der Waals surface area (Å²) < 4.78 is 6.31. The minimum Gasteiger partial charge on any atom is -0.423 e. The van der Waals surface area contributed by atoms with Crippen molar-refractivity contribution in [2.24, 2.45) is 23.7 Å². The number of hydrogen-bond donors (Lipinski definition) is 0. The molecule has 4 aliphatic carbocycles. The summed E-state index contributed by atoms with van der Waals surface area (Å²) in [5.74, 6) is 4.31. The van der Waals surface area contributed by atoms with Crippen LogP contribution in [0.3, 0.4) is 0 Å². The lowest BCUT2D eigenvalue weighted by atomic mass is 9.76. The molecule has 4 nitrogen and oxygen atoms in total. The van der Waals surface area contributed by atoms with E-state index < -0.39 is 0 Å². The molecule has 4 heteroatoms. The molecule has 8 rings (SSSR count). The van der Waals surface area contributed by atoms with Crippen molar-refractivity contribution in [3.05, 3.63) is 142 Å². The van der Waals surface area contributed by atoms with Crippen LogP contribution in [0.2, 0.25) is 0 Å². The minimum atomic E-state index is -0.319. The Kier molecular flexibility index (Phi) is 15.0. The van der Waals surface area contributed by atoms with Crippen LogP contribution in [-0.4, -0.2) is 5.97 Å². The third kappa shape index (κ3) is 10.8. The van der Waals surface area contributed by atoms with Crippen LogP contribution in [0.25, 0.3) is 12.2 Å². The van der Waals surface area contributed by atoms with Gasteiger partial charge in [0, 0.05) is 16.5 Å². The number of rotatable bonds is 18. The molecule has 0 radical (unpaired) electrons. The first-order chi connectivity index (χ1) is 30.0. The van der Waals surface area contributed by atoms with Gasteiger partial charge >= 0.3 is 5.97 Å². The van der Waals surface area contributed by atoms with Gasteiger partial charge in [-0.15, -0.1) is 0 Å². The lowest BCUT2D eigenvalue weighted by Crippen LogP contribution is -2.24. The number of carbonyl (C=O) groups excluding carboxylic acids is 1. The highest BCUT2D eigenvalue weighted by Crippen LogP contribution is 2.57. The monoisotopic (exact) mass is 819 g/mol. The third-order valence-electron chi connectivity index (χ3n) is 14.9. The van der Waals surface area contributed by atoms with Crippen molar-refractivity contribution in [2.45, 2.75) is 154 Å². The van der Waals surface area contributed by atoms with Gasteiger partial charge in [-0.1, -0.05) is 150 Å². The Hall–Kier alpha value is -4.41. The molecule has 0 amide bonds. The van der Waals surface area contributed by atoms with Crippen molar-refractivity contribution in [2.75, 3.05) is 0 Å². The molecular weight excluding hydrogens is 749 g/mol. The van der Waals surface area contributed by atoms with Gasteiger partial charge in [0.25, 0.3) is 0 Å². The Morgan fingerprint density at radius 2 is 1.11 bits per heavy atom. The highest BCUT2D eigenvalue weighted by Gasteiger charge is 2.49. The number of carbonyl (C=O) groups is 1. The summed E-state index contributed by atoms with van der Waals surface area (Å²) in [6, 6.07) is 29.1. The number of esters is 1. The first-order valence-corrected chi connectivity index (χ1v) is 24.3. The van der Waals surface area contributed by atoms with Gasteiger partial charge in [-0.2, -0.15) is 4.89 Å². The molecule has 1 atom stereocenters. The Balaban J connectivity index is 0.867. The molecule has 4 aromatic rings. The summed E-state index contributed by atoms with van der Waals surface area (Å²) in [5, 5.41) is 0. The van der Waals surface area contributed by atoms with E-state index in [2.05, 4.69) is 80.6 Å². The molecule has 61 heavy (non-hydrogen) atoms. The SMILES string of the molecule is CCCCCC1CCC(C=Cc2ccc(COOc3cccc4c3C3(CC4)CCc4cccc(OC(=O)c5ccc(C=CC6CCC(CCCCC)CC6)cc5)c43)cc2)CC1. The first kappa shape index (κ1) is 43.2. The molecule has 322 valence electrons. The van der Waals surface area contributed by atoms with Crippen LogP contribution < -0.4 is 9.62 Å². The number of hydrogen-bond acceptors (Lipinski definition) is 4. The van der Waals surface area contributed by atoms with E-state index in [1.165, 1.54) is 125 Å². The summed E-state index contributed by atoms with van der Waals surface area (Å²) in [7, 11) is 0. The standard InChI is InChI=1S/C57H70O4/c1-3-5-7-11-42-17-21-44(22-18-42)25-26-46-29-31-48(32-30-46)41-59-61-53-16-10-14-50-38-40-57(55(50)53)39-37-49-13-9-15-52(54(49)57)60-56(58)51-35-33-47(34-36-51)28-27-45-23-19-43(20-24-45)12-8-6-4-2/h9-10,13-16,25-36,42-45H,3-8,11-12,17-24,37-41H2,1-2H3. The van der Waals surface area contributed by atoms with E-state index in [4.69, 9.17) is 14.5 Å². The van der Waals surface area contributed by atoms with Crippen molar-refractivity contribution in [3.8, 4) is 11.5 Å². The van der Waals surface area contributed by atoms with Crippen LogP contribution in [0, 0.1) is 23.7 Å². The lowest BCUT2D eigenvalue weighted by Gasteiger charge is -2.29. The lowest BCUT2D eigenvalue weighted by molar-refractivity contribution is -0.218. The van der Waals surface area contributed by atoms with Gasteiger partial charge in [0.1, 0.15) is 12.4 Å². The molecule has 2 saturated carbocycles. The topological polar surface area (TPSA) is 44.8 Å². The zero-order chi connectivity index (χ0) is 41.9. The van der Waals surface area contributed by atoms with Crippen molar-refractivity contribution >= 4 is 18.1 Å². The van der Waals surface area contributed by atoms with Crippen molar-refractivity contribution < 1.29 is 19.3 Å². The van der Waals surface area contributed by atoms with Crippen LogP contribution in [0.5, 0.6) is 11.5 Å². The molecule has 0 aliphatic heterocycles. The predicted molar refractivity (Wildman–Crippen MR) is 251 cm³/mol. The molecule has 0 aromatic heterocycles.